The number of benzene rings is 1. The molecule has 7 nitrogen and oxygen atoms in total. The number of piperidine rings is 1. The molecule has 2 aliphatic heterocycles. The van der Waals surface area contributed by atoms with Gasteiger partial charge in [-0.3, -0.25) is 0 Å². The van der Waals surface area contributed by atoms with Crippen molar-refractivity contribution in [3.8, 4) is 5.88 Å². The van der Waals surface area contributed by atoms with Crippen molar-refractivity contribution in [2.24, 2.45) is 0 Å². The van der Waals surface area contributed by atoms with Crippen LogP contribution in [0.1, 0.15) is 46.9 Å². The zero-order valence-corrected chi connectivity index (χ0v) is 16.9. The number of esters is 1. The van der Waals surface area contributed by atoms with E-state index in [9.17, 15) is 9.59 Å². The van der Waals surface area contributed by atoms with E-state index in [1.807, 2.05) is 38.1 Å². The largest absolute Gasteiger partial charge is 0.480 e. The lowest BCUT2D eigenvalue weighted by molar-refractivity contribution is -0.0363. The summed E-state index contributed by atoms with van der Waals surface area (Å²) in [5, 5.41) is 2.93. The molecule has 2 amide bonds. The van der Waals surface area contributed by atoms with Crippen LogP contribution in [0.2, 0.25) is 0 Å². The third kappa shape index (κ3) is 3.30. The van der Waals surface area contributed by atoms with Gasteiger partial charge in [-0.2, -0.15) is 0 Å². The van der Waals surface area contributed by atoms with Crippen LogP contribution in [-0.2, 0) is 16.8 Å². The topological polar surface area (TPSA) is 80.8 Å². The zero-order valence-electron chi connectivity index (χ0n) is 16.9. The van der Waals surface area contributed by atoms with Gasteiger partial charge < -0.3 is 19.7 Å². The molecule has 7 heteroatoms. The van der Waals surface area contributed by atoms with Gasteiger partial charge in [0.2, 0.25) is 5.88 Å². The molecule has 1 aromatic carbocycles. The first-order valence-corrected chi connectivity index (χ1v) is 9.90. The summed E-state index contributed by atoms with van der Waals surface area (Å²) in [7, 11) is 1.54. The maximum Gasteiger partial charge on any atom is 0.339 e. The number of nitrogens with zero attached hydrogens (tertiary/aromatic N) is 2. The van der Waals surface area contributed by atoms with Crippen molar-refractivity contribution in [1.82, 2.24) is 9.88 Å². The van der Waals surface area contributed by atoms with Gasteiger partial charge in [0.15, 0.2) is 0 Å². The standard InChI is InChI=1S/C22H25N3O4/c1-4-15-13-18(19(28-3)23-14(15)2)24-21(27)25-11-9-22(10-12-25)17-8-6-5-7-16(17)20(26)29-22/h5-8,13H,4,9-12H2,1-3H3,(H,24,27). The first-order valence-electron chi connectivity index (χ1n) is 9.90. The summed E-state index contributed by atoms with van der Waals surface area (Å²) in [6.07, 6.45) is 1.97. The minimum absolute atomic E-state index is 0.205. The average Bonchev–Trinajstić information content (AvgIpc) is 3.01. The van der Waals surface area contributed by atoms with Gasteiger partial charge >= 0.3 is 12.0 Å². The van der Waals surface area contributed by atoms with Crippen LogP contribution < -0.4 is 10.1 Å². The Bertz CT molecular complexity index is 965. The second-order valence-corrected chi connectivity index (χ2v) is 7.49. The molecule has 0 bridgehead atoms. The van der Waals surface area contributed by atoms with E-state index in [1.165, 1.54) is 0 Å². The van der Waals surface area contributed by atoms with E-state index < -0.39 is 5.60 Å². The highest BCUT2D eigenvalue weighted by atomic mass is 16.6. The van der Waals surface area contributed by atoms with E-state index in [-0.39, 0.29) is 12.0 Å². The molecule has 0 atom stereocenters. The average molecular weight is 395 g/mol. The molecule has 152 valence electrons. The van der Waals surface area contributed by atoms with E-state index in [1.54, 1.807) is 18.1 Å². The van der Waals surface area contributed by atoms with Gasteiger partial charge in [0.1, 0.15) is 11.3 Å². The molecule has 0 radical (unpaired) electrons. The summed E-state index contributed by atoms with van der Waals surface area (Å²) in [6, 6.07) is 9.22. The van der Waals surface area contributed by atoms with Crippen molar-refractivity contribution in [3.63, 3.8) is 0 Å². The number of hydrogen-bond acceptors (Lipinski definition) is 5. The van der Waals surface area contributed by atoms with E-state index >= 15 is 0 Å². The summed E-state index contributed by atoms with van der Waals surface area (Å²) in [5.41, 5.74) is 3.47. The van der Waals surface area contributed by atoms with Gasteiger partial charge in [0.05, 0.1) is 12.7 Å². The Morgan fingerprint density at radius 2 is 2.03 bits per heavy atom. The molecule has 1 fully saturated rings. The van der Waals surface area contributed by atoms with Crippen LogP contribution in [0.15, 0.2) is 30.3 Å². The second kappa shape index (κ2) is 7.39. The van der Waals surface area contributed by atoms with E-state index in [2.05, 4.69) is 10.3 Å². The van der Waals surface area contributed by atoms with Crippen molar-refractivity contribution in [2.45, 2.75) is 38.7 Å². The van der Waals surface area contributed by atoms with Crippen molar-refractivity contribution < 1.29 is 19.1 Å². The molecule has 0 saturated carbocycles. The van der Waals surface area contributed by atoms with Crippen LogP contribution in [0.5, 0.6) is 5.88 Å². The maximum atomic E-state index is 12.9. The normalized spacial score (nSPS) is 17.1. The van der Waals surface area contributed by atoms with Crippen molar-refractivity contribution in [3.05, 3.63) is 52.7 Å². The van der Waals surface area contributed by atoms with Gasteiger partial charge in [0, 0.05) is 37.2 Å². The third-order valence-corrected chi connectivity index (χ3v) is 5.88. The van der Waals surface area contributed by atoms with Crippen LogP contribution in [0, 0.1) is 6.92 Å². The molecule has 2 aliphatic rings. The van der Waals surface area contributed by atoms with E-state index in [4.69, 9.17) is 9.47 Å². The predicted molar refractivity (Wildman–Crippen MR) is 108 cm³/mol. The summed E-state index contributed by atoms with van der Waals surface area (Å²) < 4.78 is 11.1. The molecule has 0 aliphatic carbocycles. The van der Waals surface area contributed by atoms with Crippen LogP contribution in [0.3, 0.4) is 0 Å². The van der Waals surface area contributed by atoms with E-state index in [0.29, 0.717) is 43.1 Å². The number of hydrogen-bond donors (Lipinski definition) is 1. The first-order chi connectivity index (χ1) is 14.0. The number of nitrogens with one attached hydrogen (secondary N) is 1. The molecular formula is C22H25N3O4. The summed E-state index contributed by atoms with van der Waals surface area (Å²) >= 11 is 0. The van der Waals surface area contributed by atoms with Gasteiger partial charge in [-0.15, -0.1) is 0 Å². The number of aromatic nitrogens is 1. The fourth-order valence-corrected chi connectivity index (χ4v) is 4.21. The highest BCUT2D eigenvalue weighted by Gasteiger charge is 2.47. The minimum atomic E-state index is -0.622. The highest BCUT2D eigenvalue weighted by Crippen LogP contribution is 2.44. The number of fused-ring (bicyclic) bond motifs is 2. The molecule has 1 N–H and O–H groups in total. The number of rotatable bonds is 3. The van der Waals surface area contributed by atoms with Crippen LogP contribution in [-0.4, -0.2) is 42.1 Å². The second-order valence-electron chi connectivity index (χ2n) is 7.49. The first kappa shape index (κ1) is 19.2. The Morgan fingerprint density at radius 3 is 2.72 bits per heavy atom. The number of ether oxygens (including phenoxy) is 2. The SMILES string of the molecule is CCc1cc(NC(=O)N2CCC3(CC2)OC(=O)c2ccccc23)c(OC)nc1C. The Morgan fingerprint density at radius 1 is 1.31 bits per heavy atom. The summed E-state index contributed by atoms with van der Waals surface area (Å²) in [5.74, 6) is 0.126. The molecule has 3 heterocycles. The van der Waals surface area contributed by atoms with Crippen molar-refractivity contribution >= 4 is 17.7 Å². The maximum absolute atomic E-state index is 12.9. The number of amides is 2. The summed E-state index contributed by atoms with van der Waals surface area (Å²) in [4.78, 5) is 31.3. The van der Waals surface area contributed by atoms with Crippen LogP contribution >= 0.6 is 0 Å². The van der Waals surface area contributed by atoms with E-state index in [0.717, 1.165) is 23.2 Å². The highest BCUT2D eigenvalue weighted by molar-refractivity contribution is 5.95. The molecule has 1 aromatic heterocycles. The quantitative estimate of drug-likeness (QED) is 0.803. The molecule has 2 aromatic rings. The Balaban J connectivity index is 1.48. The van der Waals surface area contributed by atoms with Crippen molar-refractivity contribution in [2.75, 3.05) is 25.5 Å². The molecule has 1 saturated heterocycles. The van der Waals surface area contributed by atoms with Gasteiger partial charge in [-0.25, -0.2) is 14.6 Å². The number of anilines is 1. The Kier molecular flexibility index (Phi) is 4.90. The smallest absolute Gasteiger partial charge is 0.339 e. The molecule has 1 spiro atoms. The fourth-order valence-electron chi connectivity index (χ4n) is 4.21. The number of pyridine rings is 1. The number of methoxy groups -OCH3 is 1. The van der Waals surface area contributed by atoms with Gasteiger partial charge in [-0.1, -0.05) is 25.1 Å². The number of urea groups is 1. The number of carbonyl (C=O) groups excluding carboxylic acids is 2. The zero-order chi connectivity index (χ0) is 20.6. The number of likely N-dealkylation sites (tertiary alicyclic amines) is 1. The molecule has 0 unspecified atom stereocenters. The third-order valence-electron chi connectivity index (χ3n) is 5.88. The lowest BCUT2D eigenvalue weighted by atomic mass is 9.84. The number of carbonyl (C=O) groups is 2. The van der Waals surface area contributed by atoms with Gasteiger partial charge in [0.25, 0.3) is 0 Å². The van der Waals surface area contributed by atoms with Crippen LogP contribution in [0.25, 0.3) is 0 Å². The lowest BCUT2D eigenvalue weighted by Gasteiger charge is -2.38. The fraction of sp³-hybridized carbons (Fsp3) is 0.409. The Labute approximate surface area is 170 Å². The molecular weight excluding hydrogens is 370 g/mol. The predicted octanol–water partition coefficient (Wildman–Crippen LogP) is 3.65. The molecule has 4 rings (SSSR count). The number of aryl methyl sites for hydroxylation is 2. The van der Waals surface area contributed by atoms with Crippen LogP contribution in [0.4, 0.5) is 10.5 Å². The minimum Gasteiger partial charge on any atom is -0.480 e. The van der Waals surface area contributed by atoms with Crippen molar-refractivity contribution in [1.29, 1.82) is 0 Å². The van der Waals surface area contributed by atoms with Gasteiger partial charge in [-0.05, 0) is 31.0 Å². The monoisotopic (exact) mass is 395 g/mol. The molecule has 29 heavy (non-hydrogen) atoms. The lowest BCUT2D eigenvalue weighted by Crippen LogP contribution is -2.46. The summed E-state index contributed by atoms with van der Waals surface area (Å²) in [6.45, 7) is 4.97. The Hall–Kier alpha value is -3.09.